The maximum Gasteiger partial charge on any atom is 0.0832 e. The van der Waals surface area contributed by atoms with E-state index in [-0.39, 0.29) is 0 Å². The van der Waals surface area contributed by atoms with Crippen LogP contribution in [0.4, 0.5) is 0 Å². The van der Waals surface area contributed by atoms with Gasteiger partial charge in [-0.15, -0.1) is 0 Å². The highest BCUT2D eigenvalue weighted by atomic mass is 16.6. The first-order chi connectivity index (χ1) is 4.85. The first-order valence-corrected chi connectivity index (χ1v) is 3.90. The minimum atomic E-state index is 0.431. The molecule has 0 aromatic heterocycles. The van der Waals surface area contributed by atoms with Gasteiger partial charge in [-0.25, -0.2) is 5.90 Å². The van der Waals surface area contributed by atoms with Crippen molar-refractivity contribution in [2.45, 2.75) is 32.7 Å². The third-order valence-corrected chi connectivity index (χ3v) is 1.43. The van der Waals surface area contributed by atoms with Crippen molar-refractivity contribution in [3.63, 3.8) is 0 Å². The molecule has 0 aromatic rings. The van der Waals surface area contributed by atoms with Gasteiger partial charge in [0.25, 0.3) is 0 Å². The Kier molecular flexibility index (Phi) is 6.91. The number of nitrogens with two attached hydrogens (primary N) is 1. The van der Waals surface area contributed by atoms with Gasteiger partial charge in [-0.2, -0.15) is 0 Å². The number of hydrogen-bond donors (Lipinski definition) is 2. The summed E-state index contributed by atoms with van der Waals surface area (Å²) in [6, 6.07) is 0.431. The Hall–Kier alpha value is -0.120. The number of nitrogens with one attached hydrogen (secondary N) is 1. The number of likely N-dealkylation sites (N-methyl/N-ethyl adjacent to an activating group) is 1. The molecule has 0 heterocycles. The second-order valence-corrected chi connectivity index (χ2v) is 2.38. The van der Waals surface area contributed by atoms with E-state index in [4.69, 9.17) is 5.90 Å². The fourth-order valence-corrected chi connectivity index (χ4v) is 0.998. The molecule has 1 unspecified atom stereocenters. The summed E-state index contributed by atoms with van der Waals surface area (Å²) in [5, 5.41) is 3.28. The lowest BCUT2D eigenvalue weighted by Crippen LogP contribution is -2.34. The third-order valence-electron chi connectivity index (χ3n) is 1.43. The van der Waals surface area contributed by atoms with Crippen molar-refractivity contribution in [2.75, 3.05) is 13.2 Å². The lowest BCUT2D eigenvalue weighted by Gasteiger charge is -2.14. The minimum absolute atomic E-state index is 0.431. The van der Waals surface area contributed by atoms with Crippen LogP contribution in [0.25, 0.3) is 0 Å². The molecule has 0 saturated heterocycles. The van der Waals surface area contributed by atoms with E-state index < -0.39 is 0 Å². The quantitative estimate of drug-likeness (QED) is 0.541. The van der Waals surface area contributed by atoms with Crippen LogP contribution in [0.2, 0.25) is 0 Å². The van der Waals surface area contributed by atoms with Crippen molar-refractivity contribution in [1.29, 1.82) is 0 Å². The van der Waals surface area contributed by atoms with Crippen LogP contribution in [0.15, 0.2) is 0 Å². The van der Waals surface area contributed by atoms with Crippen LogP contribution in [0.5, 0.6) is 0 Å². The molecular weight excluding hydrogens is 128 g/mol. The van der Waals surface area contributed by atoms with E-state index in [0.717, 1.165) is 13.0 Å². The summed E-state index contributed by atoms with van der Waals surface area (Å²) in [5.74, 6) is 4.95. The second-order valence-electron chi connectivity index (χ2n) is 2.38. The smallest absolute Gasteiger partial charge is 0.0832 e. The summed E-state index contributed by atoms with van der Waals surface area (Å²) in [6.45, 7) is 5.83. The Bertz CT molecular complexity index is 54.4. The van der Waals surface area contributed by atoms with Crippen LogP contribution in [-0.4, -0.2) is 19.2 Å². The second kappa shape index (κ2) is 6.99. The van der Waals surface area contributed by atoms with Crippen LogP contribution in [0.3, 0.4) is 0 Å². The molecule has 0 saturated carbocycles. The molecule has 0 aliphatic heterocycles. The average molecular weight is 146 g/mol. The fourth-order valence-electron chi connectivity index (χ4n) is 0.998. The summed E-state index contributed by atoms with van der Waals surface area (Å²) in [5.41, 5.74) is 0. The lowest BCUT2D eigenvalue weighted by molar-refractivity contribution is 0.111. The zero-order valence-electron chi connectivity index (χ0n) is 6.89. The van der Waals surface area contributed by atoms with Crippen LogP contribution in [0.1, 0.15) is 26.7 Å². The Labute approximate surface area is 62.9 Å². The predicted octanol–water partition coefficient (Wildman–Crippen LogP) is 0.655. The molecule has 1 atom stereocenters. The van der Waals surface area contributed by atoms with Gasteiger partial charge < -0.3 is 10.2 Å². The molecule has 0 aromatic carbocycles. The van der Waals surface area contributed by atoms with Gasteiger partial charge in [0, 0.05) is 6.04 Å². The first kappa shape index (κ1) is 9.88. The Morgan fingerprint density at radius 2 is 2.20 bits per heavy atom. The molecule has 0 aliphatic rings. The van der Waals surface area contributed by atoms with E-state index in [1.807, 2.05) is 0 Å². The molecule has 3 nitrogen and oxygen atoms in total. The molecule has 3 heteroatoms. The minimum Gasteiger partial charge on any atom is -0.312 e. The van der Waals surface area contributed by atoms with Crippen molar-refractivity contribution in [1.82, 2.24) is 5.32 Å². The molecule has 3 N–H and O–H groups in total. The molecule has 0 fully saturated rings. The molecule has 0 aliphatic carbocycles. The number of rotatable bonds is 6. The maximum atomic E-state index is 4.95. The SMILES string of the molecule is CCCC(CON)NCC. The first-order valence-electron chi connectivity index (χ1n) is 3.90. The molecule has 0 rings (SSSR count). The summed E-state index contributed by atoms with van der Waals surface area (Å²) in [7, 11) is 0. The topological polar surface area (TPSA) is 47.3 Å². The van der Waals surface area contributed by atoms with Crippen molar-refractivity contribution in [3.05, 3.63) is 0 Å². The molecular formula is C7H18N2O. The van der Waals surface area contributed by atoms with Gasteiger partial charge in [-0.05, 0) is 13.0 Å². The highest BCUT2D eigenvalue weighted by molar-refractivity contribution is 4.62. The van der Waals surface area contributed by atoms with E-state index in [9.17, 15) is 0 Å². The predicted molar refractivity (Wildman–Crippen MR) is 42.5 cm³/mol. The normalized spacial score (nSPS) is 13.5. The molecule has 62 valence electrons. The van der Waals surface area contributed by atoms with Gasteiger partial charge in [-0.1, -0.05) is 20.3 Å². The van der Waals surface area contributed by atoms with Gasteiger partial charge in [0.15, 0.2) is 0 Å². The van der Waals surface area contributed by atoms with Crippen LogP contribution in [0, 0.1) is 0 Å². The molecule has 0 radical (unpaired) electrons. The van der Waals surface area contributed by atoms with E-state index in [0.29, 0.717) is 12.6 Å². The molecule has 0 spiro atoms. The average Bonchev–Trinajstić information content (AvgIpc) is 1.90. The van der Waals surface area contributed by atoms with E-state index in [1.54, 1.807) is 0 Å². The van der Waals surface area contributed by atoms with Gasteiger partial charge >= 0.3 is 0 Å². The van der Waals surface area contributed by atoms with E-state index in [1.165, 1.54) is 6.42 Å². The van der Waals surface area contributed by atoms with Crippen LogP contribution < -0.4 is 11.2 Å². The summed E-state index contributed by atoms with van der Waals surface area (Å²) in [4.78, 5) is 4.55. The van der Waals surface area contributed by atoms with Gasteiger partial charge in [0.2, 0.25) is 0 Å². The van der Waals surface area contributed by atoms with Crippen molar-refractivity contribution in [3.8, 4) is 0 Å². The Balaban J connectivity index is 3.30. The van der Waals surface area contributed by atoms with Crippen molar-refractivity contribution < 1.29 is 4.84 Å². The summed E-state index contributed by atoms with van der Waals surface area (Å²) < 4.78 is 0. The highest BCUT2D eigenvalue weighted by Crippen LogP contribution is 1.95. The Morgan fingerprint density at radius 1 is 1.50 bits per heavy atom. The van der Waals surface area contributed by atoms with Crippen molar-refractivity contribution in [2.24, 2.45) is 5.90 Å². The van der Waals surface area contributed by atoms with Crippen LogP contribution >= 0.6 is 0 Å². The molecule has 0 amide bonds. The van der Waals surface area contributed by atoms with E-state index >= 15 is 0 Å². The van der Waals surface area contributed by atoms with Gasteiger partial charge in [-0.3, -0.25) is 0 Å². The van der Waals surface area contributed by atoms with E-state index in [2.05, 4.69) is 24.0 Å². The number of hydrogen-bond acceptors (Lipinski definition) is 3. The summed E-state index contributed by atoms with van der Waals surface area (Å²) in [6.07, 6.45) is 2.30. The standard InChI is InChI=1S/C7H18N2O/c1-3-5-7(6-10-8)9-4-2/h7,9H,3-6,8H2,1-2H3. The highest BCUT2D eigenvalue weighted by Gasteiger charge is 2.03. The fraction of sp³-hybridized carbons (Fsp3) is 1.00. The maximum absolute atomic E-state index is 4.95. The Morgan fingerprint density at radius 3 is 2.60 bits per heavy atom. The third kappa shape index (κ3) is 4.73. The van der Waals surface area contributed by atoms with Gasteiger partial charge in [0.1, 0.15) is 0 Å². The largest absolute Gasteiger partial charge is 0.312 e. The zero-order chi connectivity index (χ0) is 7.82. The monoisotopic (exact) mass is 146 g/mol. The molecule has 10 heavy (non-hydrogen) atoms. The lowest BCUT2D eigenvalue weighted by atomic mass is 10.2. The van der Waals surface area contributed by atoms with Crippen LogP contribution in [-0.2, 0) is 4.84 Å². The molecule has 0 bridgehead atoms. The van der Waals surface area contributed by atoms with Gasteiger partial charge in [0.05, 0.1) is 6.61 Å². The van der Waals surface area contributed by atoms with Crippen molar-refractivity contribution >= 4 is 0 Å². The summed E-state index contributed by atoms with van der Waals surface area (Å²) >= 11 is 0. The zero-order valence-corrected chi connectivity index (χ0v) is 6.89.